The molecule has 0 aromatic heterocycles. The van der Waals surface area contributed by atoms with Gasteiger partial charge >= 0.3 is 11.8 Å². The maximum Gasteiger partial charge on any atom is 0.329 e. The van der Waals surface area contributed by atoms with Crippen molar-refractivity contribution in [1.29, 1.82) is 0 Å². The molecule has 0 heterocycles. The van der Waals surface area contributed by atoms with Gasteiger partial charge in [0.15, 0.2) is 0 Å². The normalized spacial score (nSPS) is 15.4. The maximum atomic E-state index is 11.6. The molecule has 0 atom stereocenters. The minimum Gasteiger partial charge on any atom is -0.345 e. The van der Waals surface area contributed by atoms with Gasteiger partial charge in [0.05, 0.1) is 6.21 Å². The molecule has 106 valence electrons. The number of hydrogen-bond donors (Lipinski definition) is 2. The number of carbonyl (C=O) groups excluding carboxylic acids is 2. The lowest BCUT2D eigenvalue weighted by atomic mass is 10.2. The Balaban J connectivity index is 1.80. The van der Waals surface area contributed by atoms with Crippen LogP contribution in [0, 0.1) is 6.92 Å². The third-order valence-electron chi connectivity index (χ3n) is 3.32. The molecule has 2 amide bonds. The topological polar surface area (TPSA) is 70.6 Å². The number of hydrogen-bond acceptors (Lipinski definition) is 3. The average Bonchev–Trinajstić information content (AvgIpc) is 2.91. The molecule has 1 fully saturated rings. The second kappa shape index (κ2) is 6.84. The third kappa shape index (κ3) is 4.19. The fraction of sp³-hybridized carbons (Fsp3) is 0.400. The lowest BCUT2D eigenvalue weighted by Gasteiger charge is -2.10. The third-order valence-corrected chi connectivity index (χ3v) is 3.32. The van der Waals surface area contributed by atoms with Crippen LogP contribution in [-0.4, -0.2) is 24.1 Å². The van der Waals surface area contributed by atoms with Gasteiger partial charge in [-0.15, -0.1) is 0 Å². The number of carbonyl (C=O) groups is 2. The van der Waals surface area contributed by atoms with Crippen molar-refractivity contribution in [3.63, 3.8) is 0 Å². The molecule has 1 aliphatic rings. The van der Waals surface area contributed by atoms with E-state index in [1.54, 1.807) is 0 Å². The fourth-order valence-electron chi connectivity index (χ4n) is 2.29. The van der Waals surface area contributed by atoms with E-state index in [0.29, 0.717) is 0 Å². The van der Waals surface area contributed by atoms with Crippen LogP contribution >= 0.6 is 0 Å². The Morgan fingerprint density at radius 2 is 2.00 bits per heavy atom. The average molecular weight is 273 g/mol. The van der Waals surface area contributed by atoms with Crippen LogP contribution in [0.1, 0.15) is 36.8 Å². The van der Waals surface area contributed by atoms with Crippen molar-refractivity contribution in [2.45, 2.75) is 38.6 Å². The summed E-state index contributed by atoms with van der Waals surface area (Å²) in [5.41, 5.74) is 4.23. The monoisotopic (exact) mass is 273 g/mol. The highest BCUT2D eigenvalue weighted by Crippen LogP contribution is 2.17. The van der Waals surface area contributed by atoms with Crippen molar-refractivity contribution in [3.05, 3.63) is 35.4 Å². The first-order valence-corrected chi connectivity index (χ1v) is 6.86. The van der Waals surface area contributed by atoms with Crippen LogP contribution in [0.2, 0.25) is 0 Å². The molecule has 0 saturated heterocycles. The van der Waals surface area contributed by atoms with E-state index in [0.717, 1.165) is 36.8 Å². The Bertz CT molecular complexity index is 520. The first-order chi connectivity index (χ1) is 9.65. The molecule has 0 radical (unpaired) electrons. The van der Waals surface area contributed by atoms with Crippen molar-refractivity contribution in [2.75, 3.05) is 0 Å². The summed E-state index contributed by atoms with van der Waals surface area (Å²) in [4.78, 5) is 23.1. The SMILES string of the molecule is Cc1cccc(/C=N/NC(=O)C(=O)NC2CCCC2)c1. The second-order valence-electron chi connectivity index (χ2n) is 5.07. The summed E-state index contributed by atoms with van der Waals surface area (Å²) in [5, 5.41) is 6.50. The fourth-order valence-corrected chi connectivity index (χ4v) is 2.29. The van der Waals surface area contributed by atoms with Gasteiger partial charge in [-0.2, -0.15) is 5.10 Å². The van der Waals surface area contributed by atoms with Gasteiger partial charge in [-0.25, -0.2) is 5.43 Å². The van der Waals surface area contributed by atoms with Gasteiger partial charge in [0.1, 0.15) is 0 Å². The maximum absolute atomic E-state index is 11.6. The molecule has 20 heavy (non-hydrogen) atoms. The molecule has 0 unspecified atom stereocenters. The summed E-state index contributed by atoms with van der Waals surface area (Å²) in [7, 11) is 0. The summed E-state index contributed by atoms with van der Waals surface area (Å²) >= 11 is 0. The van der Waals surface area contributed by atoms with E-state index in [1.807, 2.05) is 31.2 Å². The zero-order valence-electron chi connectivity index (χ0n) is 11.6. The van der Waals surface area contributed by atoms with Crippen LogP contribution < -0.4 is 10.7 Å². The first-order valence-electron chi connectivity index (χ1n) is 6.86. The number of amides is 2. The van der Waals surface area contributed by atoms with Gasteiger partial charge in [-0.3, -0.25) is 9.59 Å². The molecule has 1 saturated carbocycles. The smallest absolute Gasteiger partial charge is 0.329 e. The van der Waals surface area contributed by atoms with Gasteiger partial charge in [0.2, 0.25) is 0 Å². The van der Waals surface area contributed by atoms with E-state index in [-0.39, 0.29) is 6.04 Å². The van der Waals surface area contributed by atoms with Crippen molar-refractivity contribution in [3.8, 4) is 0 Å². The molecule has 1 aromatic carbocycles. The minimum atomic E-state index is -0.721. The Morgan fingerprint density at radius 3 is 2.70 bits per heavy atom. The first kappa shape index (κ1) is 14.2. The van der Waals surface area contributed by atoms with Crippen molar-refractivity contribution < 1.29 is 9.59 Å². The largest absolute Gasteiger partial charge is 0.345 e. The molecule has 2 N–H and O–H groups in total. The highest BCUT2D eigenvalue weighted by atomic mass is 16.2. The van der Waals surface area contributed by atoms with E-state index in [1.165, 1.54) is 6.21 Å². The van der Waals surface area contributed by atoms with Gasteiger partial charge in [-0.1, -0.05) is 42.7 Å². The van der Waals surface area contributed by atoms with Crippen LogP contribution in [0.3, 0.4) is 0 Å². The van der Waals surface area contributed by atoms with Gasteiger partial charge in [-0.05, 0) is 25.3 Å². The van der Waals surface area contributed by atoms with E-state index in [9.17, 15) is 9.59 Å². The number of hydrazone groups is 1. The van der Waals surface area contributed by atoms with E-state index < -0.39 is 11.8 Å². The molecule has 0 aliphatic heterocycles. The number of nitrogens with one attached hydrogen (secondary N) is 2. The Labute approximate surface area is 118 Å². The lowest BCUT2D eigenvalue weighted by molar-refractivity contribution is -0.139. The summed E-state index contributed by atoms with van der Waals surface area (Å²) in [6.45, 7) is 1.98. The molecular weight excluding hydrogens is 254 g/mol. The summed E-state index contributed by atoms with van der Waals surface area (Å²) < 4.78 is 0. The van der Waals surface area contributed by atoms with E-state index in [4.69, 9.17) is 0 Å². The van der Waals surface area contributed by atoms with E-state index in [2.05, 4.69) is 15.8 Å². The number of nitrogens with zero attached hydrogens (tertiary/aromatic N) is 1. The van der Waals surface area contributed by atoms with Gasteiger partial charge in [0.25, 0.3) is 0 Å². The molecule has 0 bridgehead atoms. The molecule has 0 spiro atoms. The molecule has 1 aromatic rings. The molecular formula is C15H19N3O2. The van der Waals surface area contributed by atoms with Crippen LogP contribution in [0.15, 0.2) is 29.4 Å². The van der Waals surface area contributed by atoms with Crippen LogP contribution in [0.4, 0.5) is 0 Å². The Morgan fingerprint density at radius 1 is 1.25 bits per heavy atom. The van der Waals surface area contributed by atoms with Crippen LogP contribution in [-0.2, 0) is 9.59 Å². The predicted octanol–water partition coefficient (Wildman–Crippen LogP) is 1.50. The van der Waals surface area contributed by atoms with Crippen LogP contribution in [0.25, 0.3) is 0 Å². The molecule has 1 aliphatic carbocycles. The zero-order valence-corrected chi connectivity index (χ0v) is 11.6. The summed E-state index contributed by atoms with van der Waals surface area (Å²) in [6, 6.07) is 7.83. The molecule has 2 rings (SSSR count). The van der Waals surface area contributed by atoms with Gasteiger partial charge in [0, 0.05) is 6.04 Å². The van der Waals surface area contributed by atoms with Crippen molar-refractivity contribution in [2.24, 2.45) is 5.10 Å². The zero-order chi connectivity index (χ0) is 14.4. The highest BCUT2D eigenvalue weighted by Gasteiger charge is 2.20. The van der Waals surface area contributed by atoms with E-state index >= 15 is 0 Å². The lowest BCUT2D eigenvalue weighted by Crippen LogP contribution is -2.42. The standard InChI is InChI=1S/C15H19N3O2/c1-11-5-4-6-12(9-11)10-16-18-15(20)14(19)17-13-7-2-3-8-13/h4-6,9-10,13H,2-3,7-8H2,1H3,(H,17,19)(H,18,20)/b16-10+. The van der Waals surface area contributed by atoms with Gasteiger partial charge < -0.3 is 5.32 Å². The highest BCUT2D eigenvalue weighted by molar-refractivity contribution is 6.35. The predicted molar refractivity (Wildman–Crippen MR) is 77.3 cm³/mol. The minimum absolute atomic E-state index is 0.133. The van der Waals surface area contributed by atoms with Crippen molar-refractivity contribution >= 4 is 18.0 Å². The summed E-state index contributed by atoms with van der Waals surface area (Å²) in [6.07, 6.45) is 5.64. The Hall–Kier alpha value is -2.17. The Kier molecular flexibility index (Phi) is 4.87. The number of aryl methyl sites for hydroxylation is 1. The summed E-state index contributed by atoms with van der Waals surface area (Å²) in [5.74, 6) is -1.33. The van der Waals surface area contributed by atoms with Crippen LogP contribution in [0.5, 0.6) is 0 Å². The second-order valence-corrected chi connectivity index (χ2v) is 5.07. The van der Waals surface area contributed by atoms with Crippen molar-refractivity contribution in [1.82, 2.24) is 10.7 Å². The number of rotatable bonds is 3. The quantitative estimate of drug-likeness (QED) is 0.498. The molecule has 5 nitrogen and oxygen atoms in total. The molecule has 5 heteroatoms. The number of benzene rings is 1.